The van der Waals surface area contributed by atoms with Crippen LogP contribution in [0.4, 0.5) is 4.79 Å². The number of aromatic carboxylic acids is 1. The topological polar surface area (TPSA) is 124 Å². The molecule has 1 aliphatic rings. The highest BCUT2D eigenvalue weighted by Crippen LogP contribution is 2.27. The molecular formula is C30H29BrCl2N2O7. The average molecular weight is 680 g/mol. The first-order chi connectivity index (χ1) is 20.0. The summed E-state index contributed by atoms with van der Waals surface area (Å²) in [6.45, 7) is 0.759. The largest absolute Gasteiger partial charge is 0.481 e. The second kappa shape index (κ2) is 15.6. The normalized spacial score (nSPS) is 14.6. The van der Waals surface area contributed by atoms with Gasteiger partial charge in [-0.1, -0.05) is 81.6 Å². The lowest BCUT2D eigenvalue weighted by Gasteiger charge is -2.40. The van der Waals surface area contributed by atoms with Gasteiger partial charge in [0.25, 0.3) is 0 Å². The lowest BCUT2D eigenvalue weighted by atomic mass is 10.00. The van der Waals surface area contributed by atoms with E-state index in [9.17, 15) is 29.4 Å². The maximum absolute atomic E-state index is 13.1. The van der Waals surface area contributed by atoms with E-state index in [4.69, 9.17) is 23.2 Å². The van der Waals surface area contributed by atoms with Gasteiger partial charge in [0.15, 0.2) is 0 Å². The molecule has 0 aromatic heterocycles. The van der Waals surface area contributed by atoms with Crippen LogP contribution < -0.4 is 0 Å². The maximum atomic E-state index is 13.1. The number of aliphatic carboxylic acids is 1. The number of halogens is 3. The van der Waals surface area contributed by atoms with Crippen LogP contribution in [-0.2, 0) is 28.0 Å². The summed E-state index contributed by atoms with van der Waals surface area (Å²) in [5.41, 5.74) is 2.86. The molecule has 9 nitrogen and oxygen atoms in total. The molecule has 222 valence electrons. The van der Waals surface area contributed by atoms with Crippen molar-refractivity contribution in [2.45, 2.75) is 24.8 Å². The Morgan fingerprint density at radius 1 is 0.881 bits per heavy atom. The molecule has 1 aliphatic heterocycles. The number of carboxylic acid groups (broad SMARTS) is 2. The van der Waals surface area contributed by atoms with Gasteiger partial charge in [-0.05, 0) is 41.0 Å². The fraction of sp³-hybridized carbons (Fsp3) is 0.267. The van der Waals surface area contributed by atoms with E-state index in [1.807, 2.05) is 18.2 Å². The van der Waals surface area contributed by atoms with Gasteiger partial charge in [-0.2, -0.15) is 0 Å². The zero-order valence-corrected chi connectivity index (χ0v) is 25.7. The van der Waals surface area contributed by atoms with Gasteiger partial charge in [0.2, 0.25) is 0 Å². The summed E-state index contributed by atoms with van der Waals surface area (Å²) in [5.74, 6) is -2.63. The summed E-state index contributed by atoms with van der Waals surface area (Å²) >= 11 is 15.5. The number of urea groups is 1. The van der Waals surface area contributed by atoms with E-state index in [2.05, 4.69) is 20.7 Å². The first kappa shape index (κ1) is 32.9. The fourth-order valence-electron chi connectivity index (χ4n) is 4.55. The van der Waals surface area contributed by atoms with Gasteiger partial charge >= 0.3 is 23.9 Å². The van der Waals surface area contributed by atoms with Crippen LogP contribution in [0.2, 0.25) is 10.0 Å². The van der Waals surface area contributed by atoms with Crippen LogP contribution in [-0.4, -0.2) is 64.2 Å². The summed E-state index contributed by atoms with van der Waals surface area (Å²) in [7, 11) is 1.38. The molecule has 1 atom stereocenters. The Bertz CT molecular complexity index is 1450. The lowest BCUT2D eigenvalue weighted by Crippen LogP contribution is -2.53. The van der Waals surface area contributed by atoms with Gasteiger partial charge in [-0.15, -0.1) is 0 Å². The summed E-state index contributed by atoms with van der Waals surface area (Å²) in [6, 6.07) is 18.5. The van der Waals surface area contributed by atoms with Gasteiger partial charge in [0, 0.05) is 47.5 Å². The minimum Gasteiger partial charge on any atom is -0.481 e. The van der Waals surface area contributed by atoms with Crippen molar-refractivity contribution in [2.24, 2.45) is 5.92 Å². The number of alkyl halides is 1. The van der Waals surface area contributed by atoms with Crippen molar-refractivity contribution in [1.29, 1.82) is 0 Å². The van der Waals surface area contributed by atoms with Gasteiger partial charge in [-0.3, -0.25) is 4.79 Å². The monoisotopic (exact) mass is 678 g/mol. The molecule has 2 amide bonds. The minimum atomic E-state index is -1.08. The summed E-state index contributed by atoms with van der Waals surface area (Å²) in [5, 5.41) is 20.2. The number of ether oxygens (including phenoxy) is 1. The molecule has 42 heavy (non-hydrogen) atoms. The van der Waals surface area contributed by atoms with Crippen LogP contribution in [0.5, 0.6) is 0 Å². The Hall–Kier alpha value is -3.60. The van der Waals surface area contributed by atoms with Crippen LogP contribution in [0.3, 0.4) is 0 Å². The Kier molecular flexibility index (Phi) is 12.2. The van der Waals surface area contributed by atoms with Crippen molar-refractivity contribution >= 4 is 63.1 Å². The number of hydrogen-bond donors (Lipinski definition) is 2. The van der Waals surface area contributed by atoms with Crippen molar-refractivity contribution in [3.63, 3.8) is 0 Å². The van der Waals surface area contributed by atoms with E-state index >= 15 is 0 Å². The van der Waals surface area contributed by atoms with Gasteiger partial charge in [-0.25, -0.2) is 14.4 Å². The van der Waals surface area contributed by atoms with Crippen LogP contribution >= 0.6 is 39.1 Å². The molecule has 0 radical (unpaired) electrons. The number of amides is 2. The minimum absolute atomic E-state index is 0.0717. The molecule has 0 spiro atoms. The Morgan fingerprint density at radius 2 is 1.45 bits per heavy atom. The van der Waals surface area contributed by atoms with Crippen molar-refractivity contribution in [3.05, 3.63) is 105 Å². The van der Waals surface area contributed by atoms with Crippen molar-refractivity contribution in [3.8, 4) is 0 Å². The number of methoxy groups -OCH3 is 1. The third kappa shape index (κ3) is 8.95. The lowest BCUT2D eigenvalue weighted by molar-refractivity contribution is -0.138. The highest BCUT2D eigenvalue weighted by Gasteiger charge is 2.33. The molecule has 0 bridgehead atoms. The SMILES string of the molecule is COC(=O)c1ccccc1CBr.O=C(O)CC1CN(Cc2ccc(Cl)cc2Cl)C(=O)N(Cc2ccccc2C(=O)O)C1. The number of carbonyl (C=O) groups excluding carboxylic acids is 2. The molecule has 12 heteroatoms. The van der Waals surface area contributed by atoms with Gasteiger partial charge in [0.05, 0.1) is 24.7 Å². The van der Waals surface area contributed by atoms with Gasteiger partial charge in [0.1, 0.15) is 0 Å². The van der Waals surface area contributed by atoms with E-state index in [0.29, 0.717) is 32.1 Å². The van der Waals surface area contributed by atoms with Crippen LogP contribution in [0.1, 0.15) is 43.8 Å². The predicted octanol–water partition coefficient (Wildman–Crippen LogP) is 6.59. The number of carboxylic acids is 2. The Morgan fingerprint density at radius 3 is 2.00 bits per heavy atom. The number of carbonyl (C=O) groups is 4. The number of benzene rings is 3. The average Bonchev–Trinajstić information content (AvgIpc) is 2.96. The standard InChI is InChI=1S/C21H20Cl2N2O5.C9H9BrO2/c22-16-6-5-15(18(23)8-16)12-25-10-13(7-19(26)27)9-24(21(25)30)11-14-3-1-2-4-17(14)20(28)29;1-12-9(11)8-5-3-2-4-7(8)6-10/h1-6,8,13H,7,9-12H2,(H,26,27)(H,28,29);2-5H,6H2,1H3. The van der Waals surface area contributed by atoms with Crippen LogP contribution in [0.25, 0.3) is 0 Å². The zero-order valence-electron chi connectivity index (χ0n) is 22.6. The number of esters is 1. The van der Waals surface area contributed by atoms with Crippen molar-refractivity contribution in [1.82, 2.24) is 9.80 Å². The second-order valence-corrected chi connectivity index (χ2v) is 10.9. The maximum Gasteiger partial charge on any atom is 0.338 e. The summed E-state index contributed by atoms with van der Waals surface area (Å²) < 4.78 is 4.62. The van der Waals surface area contributed by atoms with Gasteiger partial charge < -0.3 is 24.7 Å². The van der Waals surface area contributed by atoms with E-state index in [1.54, 1.807) is 42.5 Å². The van der Waals surface area contributed by atoms with E-state index in [-0.39, 0.29) is 56.1 Å². The molecule has 1 heterocycles. The number of nitrogens with zero attached hydrogens (tertiary/aromatic N) is 2. The molecule has 4 rings (SSSR count). The van der Waals surface area contributed by atoms with Crippen LogP contribution in [0, 0.1) is 5.92 Å². The quantitative estimate of drug-likeness (QED) is 0.193. The molecule has 3 aromatic rings. The van der Waals surface area contributed by atoms with Crippen molar-refractivity contribution < 1.29 is 34.1 Å². The van der Waals surface area contributed by atoms with Crippen molar-refractivity contribution in [2.75, 3.05) is 20.2 Å². The molecular weight excluding hydrogens is 651 g/mol. The number of hydrogen-bond acceptors (Lipinski definition) is 5. The Balaban J connectivity index is 0.000000337. The fourth-order valence-corrected chi connectivity index (χ4v) is 5.51. The third-order valence-electron chi connectivity index (χ3n) is 6.51. The molecule has 1 fully saturated rings. The summed E-state index contributed by atoms with van der Waals surface area (Å²) in [4.78, 5) is 50.1. The first-order valence-electron chi connectivity index (χ1n) is 12.8. The highest BCUT2D eigenvalue weighted by molar-refractivity contribution is 9.08. The highest BCUT2D eigenvalue weighted by atomic mass is 79.9. The zero-order chi connectivity index (χ0) is 30.8. The Labute approximate surface area is 261 Å². The summed E-state index contributed by atoms with van der Waals surface area (Å²) in [6.07, 6.45) is -0.102. The molecule has 0 aliphatic carbocycles. The molecule has 2 N–H and O–H groups in total. The number of rotatable bonds is 9. The molecule has 1 saturated heterocycles. The van der Waals surface area contributed by atoms with Crippen LogP contribution in [0.15, 0.2) is 66.7 Å². The van der Waals surface area contributed by atoms with E-state index in [1.165, 1.54) is 23.0 Å². The molecule has 3 aromatic carbocycles. The third-order valence-corrected chi connectivity index (χ3v) is 7.70. The van der Waals surface area contributed by atoms with E-state index in [0.717, 1.165) is 5.56 Å². The molecule has 1 unspecified atom stereocenters. The predicted molar refractivity (Wildman–Crippen MR) is 162 cm³/mol. The van der Waals surface area contributed by atoms with E-state index < -0.39 is 11.9 Å². The molecule has 0 saturated carbocycles. The second-order valence-electron chi connectivity index (χ2n) is 9.49. The first-order valence-corrected chi connectivity index (χ1v) is 14.6. The smallest absolute Gasteiger partial charge is 0.338 e.